The first-order valence-electron chi connectivity index (χ1n) is 7.12. The molecule has 0 radical (unpaired) electrons. The fourth-order valence-corrected chi connectivity index (χ4v) is 3.06. The first-order valence-corrected chi connectivity index (χ1v) is 7.12. The minimum absolute atomic E-state index is 0.0444. The van der Waals surface area contributed by atoms with E-state index in [9.17, 15) is 9.59 Å². The van der Waals surface area contributed by atoms with Gasteiger partial charge in [0.15, 0.2) is 0 Å². The third kappa shape index (κ3) is 4.08. The van der Waals surface area contributed by atoms with Gasteiger partial charge in [-0.15, -0.1) is 0 Å². The molecule has 0 unspecified atom stereocenters. The molecule has 1 saturated carbocycles. The van der Waals surface area contributed by atoms with Gasteiger partial charge in [0.1, 0.15) is 0 Å². The van der Waals surface area contributed by atoms with Gasteiger partial charge in [0.2, 0.25) is 5.91 Å². The summed E-state index contributed by atoms with van der Waals surface area (Å²) in [6, 6.07) is 9.73. The lowest BCUT2D eigenvalue weighted by molar-refractivity contribution is -0.140. The van der Waals surface area contributed by atoms with E-state index in [2.05, 4.69) is 5.32 Å². The number of carbonyl (C=O) groups is 2. The molecular weight excluding hydrogens is 254 g/mol. The van der Waals surface area contributed by atoms with Gasteiger partial charge < -0.3 is 10.4 Å². The molecule has 0 heterocycles. The number of nitrogens with one attached hydrogen (secondary N) is 1. The van der Waals surface area contributed by atoms with Crippen LogP contribution in [0.1, 0.15) is 44.1 Å². The summed E-state index contributed by atoms with van der Waals surface area (Å²) < 4.78 is 0. The van der Waals surface area contributed by atoms with E-state index in [0.29, 0.717) is 13.0 Å². The lowest BCUT2D eigenvalue weighted by Gasteiger charge is -2.26. The molecule has 108 valence electrons. The lowest BCUT2D eigenvalue weighted by atomic mass is 9.79. The van der Waals surface area contributed by atoms with Crippen molar-refractivity contribution >= 4 is 11.9 Å². The second kappa shape index (κ2) is 6.55. The molecule has 0 bridgehead atoms. The van der Waals surface area contributed by atoms with Crippen molar-refractivity contribution in [3.63, 3.8) is 0 Å². The van der Waals surface area contributed by atoms with Crippen LogP contribution >= 0.6 is 0 Å². The highest BCUT2D eigenvalue weighted by molar-refractivity contribution is 5.78. The zero-order chi connectivity index (χ0) is 14.4. The van der Waals surface area contributed by atoms with Crippen molar-refractivity contribution in [1.82, 2.24) is 5.32 Å². The zero-order valence-electron chi connectivity index (χ0n) is 11.6. The lowest BCUT2D eigenvalue weighted by Crippen LogP contribution is -2.31. The number of carboxylic acids is 1. The molecular formula is C16H21NO3. The molecule has 1 amide bonds. The average molecular weight is 275 g/mol. The smallest absolute Gasteiger partial charge is 0.303 e. The Labute approximate surface area is 119 Å². The third-order valence-corrected chi connectivity index (χ3v) is 4.06. The van der Waals surface area contributed by atoms with E-state index in [1.807, 2.05) is 30.3 Å². The summed E-state index contributed by atoms with van der Waals surface area (Å²) in [5.41, 5.74) is 0.728. The van der Waals surface area contributed by atoms with E-state index in [4.69, 9.17) is 5.11 Å². The first kappa shape index (κ1) is 14.6. The molecule has 0 aromatic heterocycles. The van der Waals surface area contributed by atoms with Crippen LogP contribution in [0.5, 0.6) is 0 Å². The second-order valence-electron chi connectivity index (χ2n) is 5.72. The Hall–Kier alpha value is -1.84. The topological polar surface area (TPSA) is 66.4 Å². The van der Waals surface area contributed by atoms with Crippen LogP contribution in [0, 0.1) is 5.41 Å². The third-order valence-electron chi connectivity index (χ3n) is 4.06. The van der Waals surface area contributed by atoms with Gasteiger partial charge in [0, 0.05) is 13.0 Å². The molecule has 1 aliphatic carbocycles. The minimum Gasteiger partial charge on any atom is -0.481 e. The van der Waals surface area contributed by atoms with Crippen LogP contribution in [0.3, 0.4) is 0 Å². The van der Waals surface area contributed by atoms with Crippen molar-refractivity contribution in [2.45, 2.75) is 45.1 Å². The van der Waals surface area contributed by atoms with Crippen molar-refractivity contribution in [3.8, 4) is 0 Å². The first-order chi connectivity index (χ1) is 9.60. The van der Waals surface area contributed by atoms with Crippen LogP contribution in [-0.4, -0.2) is 17.0 Å². The molecule has 0 saturated heterocycles. The zero-order valence-corrected chi connectivity index (χ0v) is 11.6. The molecule has 20 heavy (non-hydrogen) atoms. The summed E-state index contributed by atoms with van der Waals surface area (Å²) in [4.78, 5) is 23.0. The molecule has 0 spiro atoms. The van der Waals surface area contributed by atoms with Crippen molar-refractivity contribution in [3.05, 3.63) is 35.9 Å². The number of rotatable bonds is 6. The Morgan fingerprint density at radius 2 is 1.75 bits per heavy atom. The minimum atomic E-state index is -0.803. The summed E-state index contributed by atoms with van der Waals surface area (Å²) in [6.07, 6.45) is 4.17. The molecule has 4 heteroatoms. The molecule has 1 aromatic carbocycles. The van der Waals surface area contributed by atoms with Gasteiger partial charge in [-0.05, 0) is 23.8 Å². The Kier molecular flexibility index (Phi) is 4.77. The quantitative estimate of drug-likeness (QED) is 0.839. The van der Waals surface area contributed by atoms with Crippen LogP contribution in [0.4, 0.5) is 0 Å². The predicted octanol–water partition coefficient (Wildman–Crippen LogP) is 2.73. The SMILES string of the molecule is O=C(O)CC1(CC(=O)NCc2ccccc2)CCCC1. The molecule has 0 aliphatic heterocycles. The Morgan fingerprint density at radius 3 is 2.35 bits per heavy atom. The van der Waals surface area contributed by atoms with E-state index in [-0.39, 0.29) is 17.7 Å². The number of hydrogen-bond donors (Lipinski definition) is 2. The Bertz CT molecular complexity index is 464. The van der Waals surface area contributed by atoms with Crippen molar-refractivity contribution in [1.29, 1.82) is 0 Å². The molecule has 1 fully saturated rings. The monoisotopic (exact) mass is 275 g/mol. The molecule has 1 aromatic rings. The van der Waals surface area contributed by atoms with Crippen LogP contribution in [-0.2, 0) is 16.1 Å². The standard InChI is InChI=1S/C16H21NO3/c18-14(17-12-13-6-2-1-3-7-13)10-16(11-15(19)20)8-4-5-9-16/h1-3,6-7H,4-5,8-12H2,(H,17,18)(H,19,20). The van der Waals surface area contributed by atoms with Gasteiger partial charge in [0.25, 0.3) is 0 Å². The summed E-state index contributed by atoms with van der Waals surface area (Å²) in [7, 11) is 0. The number of carboxylic acid groups (broad SMARTS) is 1. The normalized spacial score (nSPS) is 16.8. The van der Waals surface area contributed by atoms with Gasteiger partial charge in [0.05, 0.1) is 6.42 Å². The van der Waals surface area contributed by atoms with E-state index >= 15 is 0 Å². The molecule has 0 atom stereocenters. The van der Waals surface area contributed by atoms with Gasteiger partial charge in [-0.2, -0.15) is 0 Å². The number of benzene rings is 1. The summed E-state index contributed by atoms with van der Waals surface area (Å²) in [5.74, 6) is -0.847. The summed E-state index contributed by atoms with van der Waals surface area (Å²) in [6.45, 7) is 0.503. The van der Waals surface area contributed by atoms with Gasteiger partial charge in [-0.3, -0.25) is 9.59 Å². The molecule has 2 rings (SSSR count). The number of amides is 1. The number of hydrogen-bond acceptors (Lipinski definition) is 2. The number of carbonyl (C=O) groups excluding carboxylic acids is 1. The van der Waals surface area contributed by atoms with E-state index in [1.165, 1.54) is 0 Å². The molecule has 1 aliphatic rings. The molecule has 2 N–H and O–H groups in total. The Morgan fingerprint density at radius 1 is 1.10 bits per heavy atom. The molecule has 4 nitrogen and oxygen atoms in total. The number of aliphatic carboxylic acids is 1. The van der Waals surface area contributed by atoms with Crippen LogP contribution in [0.15, 0.2) is 30.3 Å². The maximum absolute atomic E-state index is 12.1. The van der Waals surface area contributed by atoms with E-state index in [0.717, 1.165) is 31.2 Å². The van der Waals surface area contributed by atoms with Gasteiger partial charge in [-0.1, -0.05) is 43.2 Å². The Balaban J connectivity index is 1.87. The summed E-state index contributed by atoms with van der Waals surface area (Å²) >= 11 is 0. The van der Waals surface area contributed by atoms with Gasteiger partial charge in [-0.25, -0.2) is 0 Å². The van der Waals surface area contributed by atoms with E-state index < -0.39 is 5.97 Å². The second-order valence-corrected chi connectivity index (χ2v) is 5.72. The van der Waals surface area contributed by atoms with E-state index in [1.54, 1.807) is 0 Å². The maximum atomic E-state index is 12.1. The highest BCUT2D eigenvalue weighted by Gasteiger charge is 2.37. The fraction of sp³-hybridized carbons (Fsp3) is 0.500. The highest BCUT2D eigenvalue weighted by atomic mass is 16.4. The van der Waals surface area contributed by atoms with Gasteiger partial charge >= 0.3 is 5.97 Å². The summed E-state index contributed by atoms with van der Waals surface area (Å²) in [5, 5.41) is 11.9. The van der Waals surface area contributed by atoms with Crippen LogP contribution in [0.2, 0.25) is 0 Å². The average Bonchev–Trinajstić information content (AvgIpc) is 2.85. The largest absolute Gasteiger partial charge is 0.481 e. The van der Waals surface area contributed by atoms with Crippen LogP contribution in [0.25, 0.3) is 0 Å². The van der Waals surface area contributed by atoms with Crippen molar-refractivity contribution < 1.29 is 14.7 Å². The van der Waals surface area contributed by atoms with Crippen molar-refractivity contribution in [2.24, 2.45) is 5.41 Å². The predicted molar refractivity (Wildman–Crippen MR) is 76.1 cm³/mol. The fourth-order valence-electron chi connectivity index (χ4n) is 3.06. The van der Waals surface area contributed by atoms with Crippen molar-refractivity contribution in [2.75, 3.05) is 0 Å². The highest BCUT2D eigenvalue weighted by Crippen LogP contribution is 2.43. The maximum Gasteiger partial charge on any atom is 0.303 e. The van der Waals surface area contributed by atoms with Crippen LogP contribution < -0.4 is 5.32 Å².